The number of hydrogen-bond donors (Lipinski definition) is 1. The summed E-state index contributed by atoms with van der Waals surface area (Å²) in [7, 11) is 0. The lowest BCUT2D eigenvalue weighted by atomic mass is 10.5. The second kappa shape index (κ2) is 3.99. The van der Waals surface area contributed by atoms with Crippen LogP contribution in [0.3, 0.4) is 0 Å². The quantitative estimate of drug-likeness (QED) is 0.663. The second-order valence-electron chi connectivity index (χ2n) is 1.61. The van der Waals surface area contributed by atoms with E-state index in [9.17, 15) is 0 Å². The van der Waals surface area contributed by atoms with Gasteiger partial charge in [0.1, 0.15) is 5.69 Å². The van der Waals surface area contributed by atoms with Gasteiger partial charge in [-0.15, -0.1) is 0 Å². The van der Waals surface area contributed by atoms with Gasteiger partial charge in [0.05, 0.1) is 17.5 Å². The minimum Gasteiger partial charge on any atom is -0.390 e. The Morgan fingerprint density at radius 3 is 2.90 bits per heavy atom. The van der Waals surface area contributed by atoms with Crippen LogP contribution < -0.4 is 0 Å². The van der Waals surface area contributed by atoms with Crippen LogP contribution in [0.5, 0.6) is 0 Å². The molecular weight excluding hydrogens is 330 g/mol. The zero-order chi connectivity index (χ0) is 7.56. The fourth-order valence-electron chi connectivity index (χ4n) is 0.539. The van der Waals surface area contributed by atoms with Crippen molar-refractivity contribution in [3.05, 3.63) is 16.4 Å². The normalized spacial score (nSPS) is 11.5. The zero-order valence-electron chi connectivity index (χ0n) is 4.88. The van der Waals surface area contributed by atoms with Crippen molar-refractivity contribution in [2.75, 3.05) is 0 Å². The largest absolute Gasteiger partial charge is 0.390 e. The summed E-state index contributed by atoms with van der Waals surface area (Å²) < 4.78 is 2.66. The van der Waals surface area contributed by atoms with Crippen LogP contribution in [-0.2, 0) is 6.61 Å². The monoisotopic (exact) mass is 334 g/mol. The maximum Gasteiger partial charge on any atom is 0.102 e. The minimum absolute atomic E-state index is 0.00525. The average Bonchev–Trinajstić information content (AvgIpc) is 2.30. The first-order chi connectivity index (χ1) is 4.77. The molecule has 1 rings (SSSR count). The fourth-order valence-corrected chi connectivity index (χ4v) is 2.20. The molecule has 1 atom stereocenters. The maximum atomic E-state index is 8.72. The van der Waals surface area contributed by atoms with Gasteiger partial charge >= 0.3 is 0 Å². The van der Waals surface area contributed by atoms with Crippen molar-refractivity contribution in [3.8, 4) is 0 Å². The molecule has 0 amide bonds. The summed E-state index contributed by atoms with van der Waals surface area (Å²) in [5.74, 6) is 0. The van der Waals surface area contributed by atoms with Gasteiger partial charge in [-0.25, -0.2) is 4.45 Å². The van der Waals surface area contributed by atoms with Gasteiger partial charge in [-0.3, -0.25) is 0 Å². The van der Waals surface area contributed by atoms with Crippen LogP contribution in [0.1, 0.15) is 5.69 Å². The highest BCUT2D eigenvalue weighted by molar-refractivity contribution is 14.2. The first kappa shape index (κ1) is 8.90. The molecule has 3 nitrogen and oxygen atoms in total. The molecule has 0 aromatic carbocycles. The molecular formula is C4H5BrIN2OP. The van der Waals surface area contributed by atoms with Crippen molar-refractivity contribution < 1.29 is 5.11 Å². The van der Waals surface area contributed by atoms with Gasteiger partial charge in [-0.05, 0) is 38.0 Å². The number of aliphatic hydroxyl groups excluding tert-OH is 1. The third kappa shape index (κ3) is 1.90. The highest BCUT2D eigenvalue weighted by Crippen LogP contribution is 2.26. The van der Waals surface area contributed by atoms with Crippen LogP contribution in [-0.4, -0.2) is 14.7 Å². The van der Waals surface area contributed by atoms with Crippen LogP contribution in [0.15, 0.2) is 10.7 Å². The van der Waals surface area contributed by atoms with E-state index >= 15 is 0 Å². The Hall–Kier alpha value is 0.810. The molecule has 0 saturated heterocycles. The molecule has 1 aromatic rings. The van der Waals surface area contributed by atoms with Gasteiger partial charge in [0.15, 0.2) is 0 Å². The van der Waals surface area contributed by atoms with Crippen LogP contribution in [0.25, 0.3) is 0 Å². The van der Waals surface area contributed by atoms with Gasteiger partial charge in [0, 0.05) is 6.20 Å². The molecule has 10 heavy (non-hydrogen) atoms. The van der Waals surface area contributed by atoms with Crippen LogP contribution in [0.2, 0.25) is 0 Å². The van der Waals surface area contributed by atoms with E-state index in [2.05, 4.69) is 43.1 Å². The van der Waals surface area contributed by atoms with E-state index in [1.54, 1.807) is 4.45 Å². The molecule has 0 bridgehead atoms. The van der Waals surface area contributed by atoms with E-state index in [1.165, 1.54) is 0 Å². The first-order valence-corrected chi connectivity index (χ1v) is 7.35. The van der Waals surface area contributed by atoms with E-state index in [4.69, 9.17) is 5.11 Å². The summed E-state index contributed by atoms with van der Waals surface area (Å²) in [5, 5.41) is 12.8. The summed E-state index contributed by atoms with van der Waals surface area (Å²) in [6, 6.07) is 0. The van der Waals surface area contributed by atoms with Gasteiger partial charge < -0.3 is 5.11 Å². The van der Waals surface area contributed by atoms with Crippen molar-refractivity contribution in [2.45, 2.75) is 6.61 Å². The molecule has 0 aliphatic heterocycles. The topological polar surface area (TPSA) is 38.1 Å². The molecule has 0 radical (unpaired) electrons. The van der Waals surface area contributed by atoms with Gasteiger partial charge in [-0.1, -0.05) is 0 Å². The van der Waals surface area contributed by atoms with Gasteiger partial charge in [-0.2, -0.15) is 5.10 Å². The van der Waals surface area contributed by atoms with Crippen molar-refractivity contribution in [1.82, 2.24) is 9.55 Å². The lowest BCUT2D eigenvalue weighted by molar-refractivity contribution is 0.275. The smallest absolute Gasteiger partial charge is 0.102 e. The average molecular weight is 335 g/mol. The second-order valence-corrected chi connectivity index (χ2v) is 4.54. The standard InChI is InChI=1S/C4H5BrIN2OP/c5-3-1-8(10-6)7-4(3)2-9/h1,9-10H,2H2. The number of aliphatic hydroxyl groups is 1. The molecule has 0 aliphatic rings. The Labute approximate surface area is 81.6 Å². The highest BCUT2D eigenvalue weighted by Gasteiger charge is 2.02. The molecule has 0 spiro atoms. The summed E-state index contributed by atoms with van der Waals surface area (Å²) in [6.45, 7) is -0.00525. The molecule has 0 saturated carbocycles. The Morgan fingerprint density at radius 1 is 1.90 bits per heavy atom. The number of rotatable bonds is 2. The molecule has 0 fully saturated rings. The van der Waals surface area contributed by atoms with E-state index in [-0.39, 0.29) is 6.61 Å². The number of hydrogen-bond acceptors (Lipinski definition) is 2. The summed E-state index contributed by atoms with van der Waals surface area (Å²) >= 11 is 5.50. The molecule has 1 heterocycles. The molecule has 6 heteroatoms. The highest BCUT2D eigenvalue weighted by atomic mass is 127. The van der Waals surface area contributed by atoms with Gasteiger partial charge in [0.2, 0.25) is 0 Å². The summed E-state index contributed by atoms with van der Waals surface area (Å²) in [4.78, 5) is 0. The lowest BCUT2D eigenvalue weighted by Crippen LogP contribution is -1.86. The lowest BCUT2D eigenvalue weighted by Gasteiger charge is -1.88. The Bertz CT molecular complexity index is 229. The fraction of sp³-hybridized carbons (Fsp3) is 0.250. The summed E-state index contributed by atoms with van der Waals surface area (Å²) in [6.07, 6.45) is 2.44. The molecule has 56 valence electrons. The van der Waals surface area contributed by atoms with Crippen molar-refractivity contribution in [1.29, 1.82) is 0 Å². The molecule has 1 N–H and O–H groups in total. The Balaban J connectivity index is 2.92. The van der Waals surface area contributed by atoms with Crippen LogP contribution in [0.4, 0.5) is 0 Å². The van der Waals surface area contributed by atoms with E-state index in [0.717, 1.165) is 4.47 Å². The maximum absolute atomic E-state index is 8.72. The zero-order valence-corrected chi connectivity index (χ0v) is 9.63. The summed E-state index contributed by atoms with van der Waals surface area (Å²) in [5.41, 5.74) is 0.698. The van der Waals surface area contributed by atoms with E-state index < -0.39 is 0 Å². The van der Waals surface area contributed by atoms with E-state index in [1.807, 2.05) is 6.20 Å². The number of halogens is 2. The third-order valence-corrected chi connectivity index (χ3v) is 3.52. The molecule has 0 aliphatic carbocycles. The molecule has 1 aromatic heterocycles. The third-order valence-electron chi connectivity index (χ3n) is 0.976. The van der Waals surface area contributed by atoms with Crippen molar-refractivity contribution in [3.63, 3.8) is 0 Å². The van der Waals surface area contributed by atoms with Crippen molar-refractivity contribution >= 4 is 44.3 Å². The minimum atomic E-state index is -0.00525. The predicted octanol–water partition coefficient (Wildman–Crippen LogP) is 1.93. The van der Waals surface area contributed by atoms with Gasteiger partial charge in [0.25, 0.3) is 0 Å². The van der Waals surface area contributed by atoms with E-state index in [0.29, 0.717) is 12.1 Å². The Kier molecular flexibility index (Phi) is 3.55. The van der Waals surface area contributed by atoms with Crippen LogP contribution in [0, 0.1) is 0 Å². The molecule has 1 unspecified atom stereocenters. The van der Waals surface area contributed by atoms with Crippen LogP contribution >= 0.6 is 44.3 Å². The Morgan fingerprint density at radius 2 is 2.60 bits per heavy atom. The van der Waals surface area contributed by atoms with Crippen molar-refractivity contribution in [2.24, 2.45) is 0 Å². The number of aromatic nitrogens is 2. The number of nitrogens with zero attached hydrogens (tertiary/aromatic N) is 2. The SMILES string of the molecule is OCc1nn(PI)cc1Br. The predicted molar refractivity (Wildman–Crippen MR) is 53.6 cm³/mol. The first-order valence-electron chi connectivity index (χ1n) is 2.49.